The van der Waals surface area contributed by atoms with Crippen LogP contribution in [0.15, 0.2) is 39.9 Å². The van der Waals surface area contributed by atoms with Crippen LogP contribution in [-0.4, -0.2) is 46.8 Å². The summed E-state index contributed by atoms with van der Waals surface area (Å²) in [5, 5.41) is 6.40. The number of rotatable bonds is 2. The van der Waals surface area contributed by atoms with Crippen LogP contribution in [0.2, 0.25) is 0 Å². The van der Waals surface area contributed by atoms with E-state index in [1.54, 1.807) is 18.3 Å². The van der Waals surface area contributed by atoms with Crippen molar-refractivity contribution in [2.24, 2.45) is 5.41 Å². The Balaban J connectivity index is 1.32. The summed E-state index contributed by atoms with van der Waals surface area (Å²) >= 11 is 7.18. The summed E-state index contributed by atoms with van der Waals surface area (Å²) in [6.07, 6.45) is 10.6. The molecule has 5 rings (SSSR count). The quantitative estimate of drug-likeness (QED) is 0.699. The van der Waals surface area contributed by atoms with Crippen molar-refractivity contribution in [2.45, 2.75) is 25.3 Å². The first-order chi connectivity index (χ1) is 14.0. The minimum absolute atomic E-state index is 0.161. The smallest absolute Gasteiger partial charge is 0.290 e. The highest BCUT2D eigenvalue weighted by molar-refractivity contribution is 8.18. The number of aromatic nitrogens is 2. The fourth-order valence-corrected chi connectivity index (χ4v) is 5.43. The number of halogens is 1. The van der Waals surface area contributed by atoms with Crippen molar-refractivity contribution in [2.75, 3.05) is 24.5 Å². The van der Waals surface area contributed by atoms with Gasteiger partial charge in [-0.3, -0.25) is 14.9 Å². The zero-order valence-corrected chi connectivity index (χ0v) is 17.2. The number of nitrogens with one attached hydrogen (secondary N) is 2. The molecule has 1 unspecified atom stereocenters. The van der Waals surface area contributed by atoms with Gasteiger partial charge in [-0.15, -0.1) is 0 Å². The Kier molecular flexibility index (Phi) is 4.72. The maximum absolute atomic E-state index is 11.8. The molecule has 3 fully saturated rings. The van der Waals surface area contributed by atoms with Gasteiger partial charge in [0.15, 0.2) is 0 Å². The Bertz CT molecular complexity index is 981. The Morgan fingerprint density at radius 2 is 2.14 bits per heavy atom. The lowest BCUT2D eigenvalue weighted by atomic mass is 9.71. The molecule has 1 atom stereocenters. The molecular formula is C20H20ClN5O2S. The minimum atomic E-state index is -0.378. The highest BCUT2D eigenvalue weighted by atomic mass is 35.5. The monoisotopic (exact) mass is 429 g/mol. The van der Waals surface area contributed by atoms with E-state index in [-0.39, 0.29) is 16.6 Å². The summed E-state index contributed by atoms with van der Waals surface area (Å²) in [6.45, 7) is 2.71. The van der Waals surface area contributed by atoms with Gasteiger partial charge in [0.25, 0.3) is 11.1 Å². The topological polar surface area (TPSA) is 87.2 Å². The number of hydrogen-bond acceptors (Lipinski definition) is 7. The zero-order chi connectivity index (χ0) is 20.0. The van der Waals surface area contributed by atoms with Crippen LogP contribution in [0.3, 0.4) is 0 Å². The van der Waals surface area contributed by atoms with E-state index in [0.29, 0.717) is 22.6 Å². The first-order valence-electron chi connectivity index (χ1n) is 9.66. The summed E-state index contributed by atoms with van der Waals surface area (Å²) in [5.41, 5.74) is 2.23. The van der Waals surface area contributed by atoms with Gasteiger partial charge in [-0.05, 0) is 54.8 Å². The highest BCUT2D eigenvalue weighted by Crippen LogP contribution is 2.46. The number of imide groups is 1. The zero-order valence-electron chi connectivity index (χ0n) is 15.7. The number of amides is 2. The van der Waals surface area contributed by atoms with Crippen LogP contribution in [0.25, 0.3) is 6.08 Å². The molecule has 2 amide bonds. The van der Waals surface area contributed by atoms with E-state index in [9.17, 15) is 9.59 Å². The van der Waals surface area contributed by atoms with Crippen molar-refractivity contribution in [1.82, 2.24) is 20.6 Å². The fraction of sp³-hybridized carbons (Fsp3) is 0.400. The number of carbonyl (C=O) groups is 2. The number of carbonyl (C=O) groups excluding carboxylic acids is 2. The second kappa shape index (κ2) is 7.27. The summed E-state index contributed by atoms with van der Waals surface area (Å²) in [5.74, 6) is 0.277. The second-order valence-electron chi connectivity index (χ2n) is 7.76. The molecule has 0 aromatic carbocycles. The molecule has 0 radical (unpaired) electrons. The van der Waals surface area contributed by atoms with Crippen molar-refractivity contribution in [3.05, 3.63) is 45.6 Å². The molecule has 3 saturated heterocycles. The summed E-state index contributed by atoms with van der Waals surface area (Å²) in [6, 6.07) is 2.15. The van der Waals surface area contributed by atoms with E-state index >= 15 is 0 Å². The average Bonchev–Trinajstić information content (AvgIpc) is 3.22. The van der Waals surface area contributed by atoms with Crippen LogP contribution in [0.4, 0.5) is 10.7 Å². The van der Waals surface area contributed by atoms with E-state index in [1.807, 2.05) is 0 Å². The number of anilines is 1. The average molecular weight is 430 g/mol. The molecule has 1 aliphatic carbocycles. The van der Waals surface area contributed by atoms with Gasteiger partial charge in [0.05, 0.1) is 10.6 Å². The molecule has 2 N–H and O–H groups in total. The van der Waals surface area contributed by atoms with Crippen molar-refractivity contribution in [1.29, 1.82) is 0 Å². The maximum Gasteiger partial charge on any atom is 0.290 e. The third-order valence-corrected chi connectivity index (χ3v) is 7.18. The molecule has 4 aliphatic rings. The first kappa shape index (κ1) is 18.8. The minimum Gasteiger partial charge on any atom is -0.341 e. The lowest BCUT2D eigenvalue weighted by Crippen LogP contribution is -2.42. The van der Waals surface area contributed by atoms with Gasteiger partial charge in [0.1, 0.15) is 0 Å². The first-order valence-corrected chi connectivity index (χ1v) is 10.9. The van der Waals surface area contributed by atoms with Crippen LogP contribution >= 0.6 is 23.4 Å². The third kappa shape index (κ3) is 3.49. The van der Waals surface area contributed by atoms with Crippen LogP contribution < -0.4 is 15.5 Å². The van der Waals surface area contributed by atoms with E-state index in [1.165, 1.54) is 5.57 Å². The normalized spacial score (nSPS) is 27.1. The lowest BCUT2D eigenvalue weighted by molar-refractivity contribution is -0.115. The van der Waals surface area contributed by atoms with Crippen LogP contribution in [0, 0.1) is 5.41 Å². The molecule has 1 spiro atoms. The number of hydrogen-bond donors (Lipinski definition) is 2. The number of nitrogens with zero attached hydrogens (tertiary/aromatic N) is 3. The standard InChI is InChI=1S/C20H20ClN5O2S/c21-12-1-2-15-14(9-12)20(11-23-15)4-7-26(8-5-20)18-22-6-3-13(24-18)10-16-17(27)25-19(28)29-16/h1,3,6,9-10,15,23H,2,4-5,7-8,11H2,(H,25,27,28)/b16-10-. The summed E-state index contributed by atoms with van der Waals surface area (Å²) in [4.78, 5) is 34.7. The lowest BCUT2D eigenvalue weighted by Gasteiger charge is -2.40. The Morgan fingerprint density at radius 1 is 1.31 bits per heavy atom. The van der Waals surface area contributed by atoms with Crippen LogP contribution in [0.1, 0.15) is 25.0 Å². The molecular weight excluding hydrogens is 410 g/mol. The summed E-state index contributed by atoms with van der Waals surface area (Å²) in [7, 11) is 0. The third-order valence-electron chi connectivity index (χ3n) is 6.11. The van der Waals surface area contributed by atoms with Crippen molar-refractivity contribution < 1.29 is 9.59 Å². The highest BCUT2D eigenvalue weighted by Gasteiger charge is 2.46. The number of thioether (sulfide) groups is 1. The summed E-state index contributed by atoms with van der Waals surface area (Å²) < 4.78 is 0. The van der Waals surface area contributed by atoms with Gasteiger partial charge in [0, 0.05) is 42.3 Å². The molecule has 1 aromatic heterocycles. The predicted molar refractivity (Wildman–Crippen MR) is 113 cm³/mol. The van der Waals surface area contributed by atoms with Gasteiger partial charge in [-0.1, -0.05) is 17.7 Å². The van der Waals surface area contributed by atoms with Gasteiger partial charge in [0.2, 0.25) is 5.95 Å². The van der Waals surface area contributed by atoms with Crippen LogP contribution in [-0.2, 0) is 4.79 Å². The van der Waals surface area contributed by atoms with Gasteiger partial charge < -0.3 is 10.2 Å². The fourth-order valence-electron chi connectivity index (χ4n) is 4.55. The van der Waals surface area contributed by atoms with E-state index in [0.717, 1.165) is 55.7 Å². The SMILES string of the molecule is O=C1NC(=O)/C(=C/c2ccnc(N3CCC4(CC3)CNC3CC=C(Cl)C=C34)n2)S1. The number of allylic oxidation sites excluding steroid dienone is 2. The molecule has 29 heavy (non-hydrogen) atoms. The number of piperidine rings is 1. The largest absolute Gasteiger partial charge is 0.341 e. The van der Waals surface area contributed by atoms with Crippen molar-refractivity contribution in [3.63, 3.8) is 0 Å². The van der Waals surface area contributed by atoms with Gasteiger partial charge in [-0.25, -0.2) is 9.97 Å². The molecule has 4 heterocycles. The van der Waals surface area contributed by atoms with Crippen LogP contribution in [0.5, 0.6) is 0 Å². The van der Waals surface area contributed by atoms with Gasteiger partial charge >= 0.3 is 0 Å². The van der Waals surface area contributed by atoms with Crippen molar-refractivity contribution >= 4 is 46.5 Å². The van der Waals surface area contributed by atoms with E-state index in [4.69, 9.17) is 11.6 Å². The Labute approximate surface area is 177 Å². The Hall–Kier alpha value is -2.16. The molecule has 7 nitrogen and oxygen atoms in total. The molecule has 9 heteroatoms. The molecule has 1 aromatic rings. The van der Waals surface area contributed by atoms with Gasteiger partial charge in [-0.2, -0.15) is 0 Å². The molecule has 0 saturated carbocycles. The molecule has 3 aliphatic heterocycles. The molecule has 150 valence electrons. The van der Waals surface area contributed by atoms with E-state index in [2.05, 4.69) is 37.7 Å². The Morgan fingerprint density at radius 3 is 2.90 bits per heavy atom. The molecule has 0 bridgehead atoms. The second-order valence-corrected chi connectivity index (χ2v) is 9.21. The van der Waals surface area contributed by atoms with E-state index < -0.39 is 0 Å². The number of fused-ring (bicyclic) bond motifs is 2. The van der Waals surface area contributed by atoms with Crippen molar-refractivity contribution in [3.8, 4) is 0 Å². The predicted octanol–water partition coefficient (Wildman–Crippen LogP) is 2.81. The maximum atomic E-state index is 11.8.